The van der Waals surface area contributed by atoms with Crippen LogP contribution in [0.5, 0.6) is 0 Å². The standard InChI is InChI=1S/C49H62N8O7S/c1-30-42(32(3)64-53-30)36-19-20-39-38(26-36)43(34-12-9-8-10-13-34)56(48(62)54(39)7)25-24-55(63)23-11-14-41(59)52-45(49(4,5)6)47(61)57-28-37(58)27-40(57)46(60)50-22-21-33-15-17-35(18-16-33)44-31(2)51-29-65-44/h8-10,12-13,15-20,26,29,37,40,43,45-46,50,55,58,60H,11,14,21-25,27-28H2,1-7H3,(H,52,59)/t37-,40+,43?,45-,46?/m1/s1. The minimum Gasteiger partial charge on any atom is -0.634 e. The fourth-order valence-electron chi connectivity index (χ4n) is 9.09. The number of rotatable bonds is 17. The van der Waals surface area contributed by atoms with Crippen molar-refractivity contribution in [2.24, 2.45) is 5.41 Å². The van der Waals surface area contributed by atoms with Crippen molar-refractivity contribution in [1.82, 2.24) is 30.6 Å². The highest BCUT2D eigenvalue weighted by molar-refractivity contribution is 7.13. The number of amides is 4. The second kappa shape index (κ2) is 20.4. The van der Waals surface area contributed by atoms with Crippen LogP contribution in [-0.4, -0.2) is 112 Å². The molecule has 0 spiro atoms. The van der Waals surface area contributed by atoms with Crippen LogP contribution in [0.4, 0.5) is 10.5 Å². The van der Waals surface area contributed by atoms with Crippen molar-refractivity contribution < 1.29 is 34.2 Å². The van der Waals surface area contributed by atoms with E-state index >= 15 is 0 Å². The van der Waals surface area contributed by atoms with E-state index in [0.29, 0.717) is 18.7 Å². The Morgan fingerprint density at radius 1 is 1.02 bits per heavy atom. The van der Waals surface area contributed by atoms with Gasteiger partial charge in [-0.3, -0.25) is 19.8 Å². The lowest BCUT2D eigenvalue weighted by molar-refractivity contribution is -0.847. The molecule has 65 heavy (non-hydrogen) atoms. The summed E-state index contributed by atoms with van der Waals surface area (Å²) in [5, 5.41) is 45.5. The fraction of sp³-hybridized carbons (Fsp3) is 0.449. The Balaban J connectivity index is 0.930. The molecule has 4 heterocycles. The molecule has 2 aliphatic rings. The van der Waals surface area contributed by atoms with Crippen LogP contribution in [0.15, 0.2) is 82.8 Å². The molecule has 5 aromatic rings. The molecular weight excluding hydrogens is 845 g/mol. The van der Waals surface area contributed by atoms with E-state index in [-0.39, 0.29) is 68.4 Å². The number of anilines is 1. The first-order valence-corrected chi connectivity index (χ1v) is 23.3. The molecule has 7 rings (SSSR count). The summed E-state index contributed by atoms with van der Waals surface area (Å²) in [6.45, 7) is 12.2. The summed E-state index contributed by atoms with van der Waals surface area (Å²) < 4.78 is 5.47. The van der Waals surface area contributed by atoms with Crippen molar-refractivity contribution >= 4 is 34.9 Å². The minimum absolute atomic E-state index is 0.0164. The largest absolute Gasteiger partial charge is 0.634 e. The first kappa shape index (κ1) is 47.5. The number of likely N-dealkylation sites (tertiary alicyclic amines) is 1. The van der Waals surface area contributed by atoms with Gasteiger partial charge < -0.3 is 40.1 Å². The van der Waals surface area contributed by atoms with Gasteiger partial charge in [-0.15, -0.1) is 11.3 Å². The minimum atomic E-state index is -1.10. The zero-order valence-electron chi connectivity index (χ0n) is 38.3. The number of aliphatic hydroxyl groups excluding tert-OH is 2. The van der Waals surface area contributed by atoms with Crippen molar-refractivity contribution in [3.8, 4) is 21.6 Å². The van der Waals surface area contributed by atoms with Gasteiger partial charge in [0.15, 0.2) is 0 Å². The average molecular weight is 907 g/mol. The molecule has 6 atom stereocenters. The number of β-amino-alcohol motifs (C(OH)–C–C–N with tert-alkyl or cyclic N) is 1. The maximum Gasteiger partial charge on any atom is 0.325 e. The van der Waals surface area contributed by atoms with Crippen molar-refractivity contribution in [2.45, 2.75) is 97.7 Å². The second-order valence-corrected chi connectivity index (χ2v) is 19.2. The highest BCUT2D eigenvalue weighted by Gasteiger charge is 2.44. The SMILES string of the molecule is Cc1ncsc1-c1ccc(CCNC(O)[C@@H]2C[C@@H](O)CN2C(=O)[C@@H](NC(=O)CCC[NH+]([O-])CCN2C(=O)N(C)c3ccc(-c4c(C)noc4C)cc3C2c2ccccc2)C(C)(C)C)cc1. The number of aryl methyl sites for hydroxylation is 3. The van der Waals surface area contributed by atoms with Gasteiger partial charge in [-0.25, -0.2) is 9.78 Å². The Bertz CT molecular complexity index is 2410. The molecule has 0 radical (unpaired) electrons. The smallest absolute Gasteiger partial charge is 0.325 e. The van der Waals surface area contributed by atoms with E-state index in [1.54, 1.807) is 28.2 Å². The summed E-state index contributed by atoms with van der Waals surface area (Å²) >= 11 is 1.60. The third-order valence-electron chi connectivity index (χ3n) is 12.6. The Labute approximate surface area is 385 Å². The van der Waals surface area contributed by atoms with E-state index in [9.17, 15) is 29.8 Å². The Hall–Kier alpha value is -5.49. The number of urea groups is 1. The lowest BCUT2D eigenvalue weighted by Gasteiger charge is -2.42. The number of hydrogen-bond acceptors (Lipinski definition) is 11. The number of aromatic nitrogens is 2. The highest BCUT2D eigenvalue weighted by atomic mass is 32.1. The summed E-state index contributed by atoms with van der Waals surface area (Å²) in [5.41, 5.74) is 9.54. The topological polar surface area (TPSA) is 192 Å². The predicted molar refractivity (Wildman–Crippen MR) is 251 cm³/mol. The lowest BCUT2D eigenvalue weighted by atomic mass is 9.85. The van der Waals surface area contributed by atoms with Gasteiger partial charge in [-0.1, -0.05) is 86.6 Å². The van der Waals surface area contributed by atoms with Crippen molar-refractivity contribution in [1.29, 1.82) is 0 Å². The predicted octanol–water partition coefficient (Wildman–Crippen LogP) is 5.16. The first-order chi connectivity index (χ1) is 31.0. The number of nitrogens with one attached hydrogen (secondary N) is 3. The third kappa shape index (κ3) is 10.8. The third-order valence-corrected chi connectivity index (χ3v) is 13.5. The van der Waals surface area contributed by atoms with Gasteiger partial charge in [0.25, 0.3) is 0 Å². The van der Waals surface area contributed by atoms with Crippen LogP contribution in [0.1, 0.15) is 79.9 Å². The Kier molecular flexibility index (Phi) is 14.9. The molecule has 15 nitrogen and oxygen atoms in total. The molecular formula is C49H62N8O7S. The van der Waals surface area contributed by atoms with Crippen LogP contribution < -0.4 is 20.6 Å². The van der Waals surface area contributed by atoms with E-state index < -0.39 is 35.9 Å². The van der Waals surface area contributed by atoms with Gasteiger partial charge in [0.1, 0.15) is 18.0 Å². The van der Waals surface area contributed by atoms with Gasteiger partial charge in [-0.05, 0) is 73.4 Å². The molecule has 16 heteroatoms. The van der Waals surface area contributed by atoms with Crippen LogP contribution in [0.25, 0.3) is 21.6 Å². The van der Waals surface area contributed by atoms with Gasteiger partial charge in [0.05, 0.1) is 65.3 Å². The number of carbonyl (C=O) groups is 3. The number of benzene rings is 3. The maximum absolute atomic E-state index is 14.2. The molecule has 2 aliphatic heterocycles. The molecule has 346 valence electrons. The summed E-state index contributed by atoms with van der Waals surface area (Å²) in [6, 6.07) is 21.7. The van der Waals surface area contributed by atoms with Crippen LogP contribution >= 0.6 is 11.3 Å². The number of hydrogen-bond donors (Lipinski definition) is 5. The van der Waals surface area contributed by atoms with Crippen molar-refractivity contribution in [2.75, 3.05) is 44.7 Å². The highest BCUT2D eigenvalue weighted by Crippen LogP contribution is 2.42. The van der Waals surface area contributed by atoms with E-state index in [2.05, 4.69) is 51.1 Å². The quantitative estimate of drug-likeness (QED) is 0.0616. The first-order valence-electron chi connectivity index (χ1n) is 22.4. The van der Waals surface area contributed by atoms with E-state index in [1.165, 1.54) is 4.90 Å². The molecule has 0 bridgehead atoms. The number of fused-ring (bicyclic) bond motifs is 1. The summed E-state index contributed by atoms with van der Waals surface area (Å²) in [7, 11) is 1.74. The maximum atomic E-state index is 14.2. The van der Waals surface area contributed by atoms with Gasteiger partial charge >= 0.3 is 6.03 Å². The number of aliphatic hydroxyl groups is 2. The average Bonchev–Trinajstić information content (AvgIpc) is 4.00. The monoisotopic (exact) mass is 906 g/mol. The van der Waals surface area contributed by atoms with Gasteiger partial charge in [-0.2, -0.15) is 0 Å². The van der Waals surface area contributed by atoms with E-state index in [0.717, 1.165) is 55.3 Å². The van der Waals surface area contributed by atoms with Gasteiger partial charge in [0.2, 0.25) is 11.8 Å². The van der Waals surface area contributed by atoms with Gasteiger partial charge in [0, 0.05) is 44.1 Å². The van der Waals surface area contributed by atoms with Crippen molar-refractivity contribution in [3.05, 3.63) is 117 Å². The molecule has 0 aliphatic carbocycles. The second-order valence-electron chi connectivity index (χ2n) is 18.4. The van der Waals surface area contributed by atoms with Crippen LogP contribution in [0.2, 0.25) is 0 Å². The Morgan fingerprint density at radius 2 is 1.74 bits per heavy atom. The lowest BCUT2D eigenvalue weighted by Crippen LogP contribution is -3.08. The number of nitrogens with zero attached hydrogens (tertiary/aromatic N) is 5. The molecule has 0 saturated carbocycles. The number of thiazole rings is 1. The number of carbonyl (C=O) groups excluding carboxylic acids is 3. The summed E-state index contributed by atoms with van der Waals surface area (Å²) in [5.74, 6) is -0.0604. The molecule has 1 saturated heterocycles. The van der Waals surface area contributed by atoms with E-state index in [4.69, 9.17) is 4.52 Å². The summed E-state index contributed by atoms with van der Waals surface area (Å²) in [6.07, 6.45) is -0.805. The molecule has 2 aromatic heterocycles. The normalized spacial score (nSPS) is 19.0. The van der Waals surface area contributed by atoms with E-state index in [1.807, 2.05) is 89.5 Å². The molecule has 1 fully saturated rings. The molecule has 3 unspecified atom stereocenters. The number of hydroxylamine groups is 2. The zero-order chi connectivity index (χ0) is 46.6. The number of quaternary nitrogens is 1. The molecule has 5 N–H and O–H groups in total. The molecule has 4 amide bonds. The molecule has 3 aromatic carbocycles. The van der Waals surface area contributed by atoms with Crippen molar-refractivity contribution in [3.63, 3.8) is 0 Å². The Morgan fingerprint density at radius 3 is 2.40 bits per heavy atom. The van der Waals surface area contributed by atoms with Crippen LogP contribution in [0, 0.1) is 31.4 Å². The van der Waals surface area contributed by atoms with Crippen LogP contribution in [0.3, 0.4) is 0 Å². The van der Waals surface area contributed by atoms with Crippen LogP contribution in [-0.2, 0) is 16.0 Å². The summed E-state index contributed by atoms with van der Waals surface area (Å²) in [4.78, 5) is 51.9. The zero-order valence-corrected chi connectivity index (χ0v) is 39.2. The fourth-order valence-corrected chi connectivity index (χ4v) is 9.90.